The normalized spacial score (nSPS) is 10.1. The highest BCUT2D eigenvalue weighted by Crippen LogP contribution is 2.24. The molecule has 1 N–H and O–H groups in total. The molecule has 0 saturated heterocycles. The smallest absolute Gasteiger partial charge is 0.344 e. The van der Waals surface area contributed by atoms with Gasteiger partial charge in [-0.15, -0.1) is 0 Å². The average Bonchev–Trinajstić information content (AvgIpc) is 2.68. The van der Waals surface area contributed by atoms with E-state index in [0.717, 1.165) is 0 Å². The van der Waals surface area contributed by atoms with Crippen molar-refractivity contribution < 1.29 is 28.5 Å². The fraction of sp³-hybridized carbons (Fsp3) is 0.300. The Balaban J connectivity index is 1.89. The first-order chi connectivity index (χ1) is 13.1. The molecule has 0 aliphatic heterocycles. The molecule has 7 nitrogen and oxygen atoms in total. The Morgan fingerprint density at radius 1 is 0.963 bits per heavy atom. The Labute approximate surface area is 158 Å². The number of rotatable bonds is 10. The van der Waals surface area contributed by atoms with Crippen LogP contribution in [0.4, 0.5) is 5.69 Å². The molecule has 0 fully saturated rings. The van der Waals surface area contributed by atoms with Gasteiger partial charge in [0.05, 0.1) is 18.9 Å². The maximum atomic E-state index is 12.4. The van der Waals surface area contributed by atoms with Gasteiger partial charge in [-0.2, -0.15) is 0 Å². The minimum Gasteiger partial charge on any atom is -0.492 e. The lowest BCUT2D eigenvalue weighted by Gasteiger charge is -2.11. The Morgan fingerprint density at radius 2 is 1.70 bits per heavy atom. The number of amides is 1. The van der Waals surface area contributed by atoms with Crippen molar-refractivity contribution in [3.8, 4) is 11.5 Å². The molecule has 27 heavy (non-hydrogen) atoms. The molecule has 0 heterocycles. The highest BCUT2D eigenvalue weighted by atomic mass is 16.6. The van der Waals surface area contributed by atoms with Crippen molar-refractivity contribution in [2.75, 3.05) is 38.9 Å². The molecule has 0 saturated carbocycles. The lowest BCUT2D eigenvalue weighted by molar-refractivity contribution is -0.147. The molecular weight excluding hydrogens is 350 g/mol. The molecule has 7 heteroatoms. The zero-order chi connectivity index (χ0) is 19.5. The third kappa shape index (κ3) is 6.63. The third-order valence-corrected chi connectivity index (χ3v) is 3.46. The van der Waals surface area contributed by atoms with Gasteiger partial charge in [0, 0.05) is 12.7 Å². The number of esters is 1. The van der Waals surface area contributed by atoms with Crippen LogP contribution in [0.5, 0.6) is 11.5 Å². The molecule has 0 spiro atoms. The van der Waals surface area contributed by atoms with Crippen molar-refractivity contribution in [1.29, 1.82) is 0 Å². The van der Waals surface area contributed by atoms with Crippen molar-refractivity contribution in [1.82, 2.24) is 0 Å². The lowest BCUT2D eigenvalue weighted by Crippen LogP contribution is -2.17. The molecule has 0 radical (unpaired) electrons. The maximum Gasteiger partial charge on any atom is 0.344 e. The number of anilines is 1. The van der Waals surface area contributed by atoms with E-state index < -0.39 is 5.97 Å². The van der Waals surface area contributed by atoms with Crippen molar-refractivity contribution >= 4 is 17.6 Å². The van der Waals surface area contributed by atoms with E-state index in [0.29, 0.717) is 36.0 Å². The summed E-state index contributed by atoms with van der Waals surface area (Å²) in [6.07, 6.45) is 0. The van der Waals surface area contributed by atoms with E-state index in [1.54, 1.807) is 36.4 Å². The Bertz CT molecular complexity index is 744. The van der Waals surface area contributed by atoms with E-state index >= 15 is 0 Å². The predicted octanol–water partition coefficient (Wildman–Crippen LogP) is 2.91. The number of benzene rings is 2. The second-order valence-corrected chi connectivity index (χ2v) is 5.41. The summed E-state index contributed by atoms with van der Waals surface area (Å²) < 4.78 is 20.5. The number of hydrogen-bond acceptors (Lipinski definition) is 6. The van der Waals surface area contributed by atoms with Gasteiger partial charge < -0.3 is 24.3 Å². The van der Waals surface area contributed by atoms with Gasteiger partial charge in [0.25, 0.3) is 5.91 Å². The highest BCUT2D eigenvalue weighted by molar-refractivity contribution is 6.05. The largest absolute Gasteiger partial charge is 0.492 e. The summed E-state index contributed by atoms with van der Waals surface area (Å²) in [7, 11) is 1.53. The van der Waals surface area contributed by atoms with Gasteiger partial charge in [0.2, 0.25) is 0 Å². The van der Waals surface area contributed by atoms with Crippen LogP contribution in [0.15, 0.2) is 48.5 Å². The standard InChI is InChI=1S/C20H23NO6/c1-3-25-18-7-5-4-6-17(18)21-20(23)15-8-10-16(11-9-15)27-14-19(22)26-13-12-24-2/h4-11H,3,12-14H2,1-2H3,(H,21,23). The summed E-state index contributed by atoms with van der Waals surface area (Å²) in [5.41, 5.74) is 1.06. The molecule has 2 aromatic rings. The predicted molar refractivity (Wildman–Crippen MR) is 100 cm³/mol. The maximum absolute atomic E-state index is 12.4. The van der Waals surface area contributed by atoms with Crippen molar-refractivity contribution in [3.05, 3.63) is 54.1 Å². The van der Waals surface area contributed by atoms with Crippen LogP contribution in [0.1, 0.15) is 17.3 Å². The second-order valence-electron chi connectivity index (χ2n) is 5.41. The fourth-order valence-corrected chi connectivity index (χ4v) is 2.17. The Morgan fingerprint density at radius 3 is 2.41 bits per heavy atom. The molecule has 0 bridgehead atoms. The number of nitrogens with one attached hydrogen (secondary N) is 1. The van der Waals surface area contributed by atoms with Crippen LogP contribution < -0.4 is 14.8 Å². The molecule has 0 unspecified atom stereocenters. The zero-order valence-electron chi connectivity index (χ0n) is 15.4. The van der Waals surface area contributed by atoms with E-state index in [-0.39, 0.29) is 19.1 Å². The third-order valence-electron chi connectivity index (χ3n) is 3.46. The molecule has 144 valence electrons. The summed E-state index contributed by atoms with van der Waals surface area (Å²) >= 11 is 0. The molecule has 1 amide bonds. The number of ether oxygens (including phenoxy) is 4. The monoisotopic (exact) mass is 373 g/mol. The average molecular weight is 373 g/mol. The molecule has 2 rings (SSSR count). The molecule has 0 aliphatic rings. The van der Waals surface area contributed by atoms with Crippen LogP contribution in [0, 0.1) is 0 Å². The number of carbonyl (C=O) groups excluding carboxylic acids is 2. The van der Waals surface area contributed by atoms with E-state index in [2.05, 4.69) is 5.32 Å². The summed E-state index contributed by atoms with van der Waals surface area (Å²) in [6.45, 7) is 2.69. The number of carbonyl (C=O) groups is 2. The van der Waals surface area contributed by atoms with Crippen LogP contribution >= 0.6 is 0 Å². The SMILES string of the molecule is CCOc1ccccc1NC(=O)c1ccc(OCC(=O)OCCOC)cc1. The van der Waals surface area contributed by atoms with Crippen molar-refractivity contribution in [3.63, 3.8) is 0 Å². The molecular formula is C20H23NO6. The van der Waals surface area contributed by atoms with E-state index in [9.17, 15) is 9.59 Å². The van der Waals surface area contributed by atoms with Gasteiger partial charge in [-0.25, -0.2) is 4.79 Å². The topological polar surface area (TPSA) is 83.1 Å². The quantitative estimate of drug-likeness (QED) is 0.509. The van der Waals surface area contributed by atoms with E-state index in [1.165, 1.54) is 7.11 Å². The summed E-state index contributed by atoms with van der Waals surface area (Å²) in [4.78, 5) is 23.9. The van der Waals surface area contributed by atoms with Crippen molar-refractivity contribution in [2.24, 2.45) is 0 Å². The van der Waals surface area contributed by atoms with Gasteiger partial charge in [0.1, 0.15) is 18.1 Å². The van der Waals surface area contributed by atoms with Gasteiger partial charge in [-0.1, -0.05) is 12.1 Å². The first kappa shape index (κ1) is 20.3. The Kier molecular flexibility index (Phi) is 8.12. The number of hydrogen-bond donors (Lipinski definition) is 1. The summed E-state index contributed by atoms with van der Waals surface area (Å²) in [5.74, 6) is 0.319. The van der Waals surface area contributed by atoms with Crippen LogP contribution in [-0.2, 0) is 14.3 Å². The molecule has 0 aromatic heterocycles. The fourth-order valence-electron chi connectivity index (χ4n) is 2.17. The van der Waals surface area contributed by atoms with Crippen LogP contribution in [-0.4, -0.2) is 45.4 Å². The van der Waals surface area contributed by atoms with Crippen molar-refractivity contribution in [2.45, 2.75) is 6.92 Å². The first-order valence-corrected chi connectivity index (χ1v) is 8.54. The van der Waals surface area contributed by atoms with Crippen LogP contribution in [0.25, 0.3) is 0 Å². The minimum atomic E-state index is -0.485. The highest BCUT2D eigenvalue weighted by Gasteiger charge is 2.10. The molecule has 0 aliphatic carbocycles. The minimum absolute atomic E-state index is 0.182. The van der Waals surface area contributed by atoms with Gasteiger partial charge in [-0.05, 0) is 43.3 Å². The first-order valence-electron chi connectivity index (χ1n) is 8.54. The Hall–Kier alpha value is -3.06. The lowest BCUT2D eigenvalue weighted by atomic mass is 10.2. The van der Waals surface area contributed by atoms with Crippen LogP contribution in [0.2, 0.25) is 0 Å². The van der Waals surface area contributed by atoms with E-state index in [4.69, 9.17) is 18.9 Å². The molecule has 2 aromatic carbocycles. The van der Waals surface area contributed by atoms with Gasteiger partial charge in [-0.3, -0.25) is 4.79 Å². The van der Waals surface area contributed by atoms with E-state index in [1.807, 2.05) is 19.1 Å². The number of methoxy groups -OCH3 is 1. The van der Waals surface area contributed by atoms with Gasteiger partial charge >= 0.3 is 5.97 Å². The zero-order valence-corrected chi connectivity index (χ0v) is 15.4. The summed E-state index contributed by atoms with van der Waals surface area (Å²) in [5, 5.41) is 2.82. The summed E-state index contributed by atoms with van der Waals surface area (Å²) in [6, 6.07) is 13.7. The van der Waals surface area contributed by atoms with Gasteiger partial charge in [0.15, 0.2) is 6.61 Å². The second kappa shape index (κ2) is 10.8. The number of para-hydroxylation sites is 2. The van der Waals surface area contributed by atoms with Crippen LogP contribution in [0.3, 0.4) is 0 Å². The molecule has 0 atom stereocenters.